The summed E-state index contributed by atoms with van der Waals surface area (Å²) in [5.74, 6) is -0.595. The average Bonchev–Trinajstić information content (AvgIpc) is 1.07. The Morgan fingerprint density at radius 2 is 0.469 bits per heavy atom. The minimum Gasteiger partial charge on any atom is -0.462 e. The lowest BCUT2D eigenvalue weighted by atomic mass is 10.0. The van der Waals surface area contributed by atoms with E-state index in [1.807, 2.05) is 0 Å². The van der Waals surface area contributed by atoms with Crippen LogP contribution >= 0.6 is 15.6 Å². The molecule has 19 heteroatoms. The summed E-state index contributed by atoms with van der Waals surface area (Å²) in [6, 6.07) is 0. The van der Waals surface area contributed by atoms with Gasteiger partial charge in [-0.3, -0.25) is 37.3 Å². The van der Waals surface area contributed by atoms with Gasteiger partial charge < -0.3 is 33.8 Å². The lowest BCUT2D eigenvalue weighted by Crippen LogP contribution is -2.30. The van der Waals surface area contributed by atoms with Gasteiger partial charge in [-0.25, -0.2) is 9.13 Å². The second kappa shape index (κ2) is 70.7. The van der Waals surface area contributed by atoms with Crippen molar-refractivity contribution in [3.8, 4) is 0 Å². The van der Waals surface area contributed by atoms with Crippen LogP contribution in [0.1, 0.15) is 414 Å². The van der Waals surface area contributed by atoms with Crippen molar-refractivity contribution in [2.24, 2.45) is 11.8 Å². The van der Waals surface area contributed by atoms with Gasteiger partial charge in [0.1, 0.15) is 19.3 Å². The number of carbonyl (C=O) groups is 4. The molecular weight excluding hydrogens is 1280 g/mol. The van der Waals surface area contributed by atoms with E-state index in [1.54, 1.807) is 0 Å². The van der Waals surface area contributed by atoms with Gasteiger partial charge in [0.25, 0.3) is 0 Å². The van der Waals surface area contributed by atoms with Gasteiger partial charge in [-0.1, -0.05) is 363 Å². The smallest absolute Gasteiger partial charge is 0.462 e. The van der Waals surface area contributed by atoms with Crippen LogP contribution in [0.15, 0.2) is 0 Å². The Balaban J connectivity index is 5.21. The standard InChI is InChI=1S/C79H154O17P2/c1-7-9-11-13-15-17-19-20-21-22-23-24-25-26-27-28-33-39-45-51-57-63-78(83)95-74(68-90-77(82)62-56-50-44-38-32-30-29-31-35-41-47-53-59-71(3)4)69-93-97(85,86)91-65-73(80)66-92-98(87,88)94-70-75(67-89-76(81)61-55-49-43-37-18-16-14-12-10-8-2)96-79(84)64-58-52-46-40-34-36-42-48-54-60-72(5)6/h71-75,80H,7-70H2,1-6H3,(H,85,86)(H,87,88)/t73-,74-,75-/m1/s1. The number of hydrogen-bond acceptors (Lipinski definition) is 15. The van der Waals surface area contributed by atoms with Crippen molar-refractivity contribution < 1.29 is 80.2 Å². The Morgan fingerprint density at radius 3 is 0.694 bits per heavy atom. The van der Waals surface area contributed by atoms with Crippen molar-refractivity contribution >= 4 is 39.5 Å². The maximum Gasteiger partial charge on any atom is 0.472 e. The number of esters is 4. The van der Waals surface area contributed by atoms with E-state index in [-0.39, 0.29) is 25.7 Å². The first-order valence-electron chi connectivity index (χ1n) is 41.0. The summed E-state index contributed by atoms with van der Waals surface area (Å²) in [6.45, 7) is 9.59. The number of unbranched alkanes of at least 4 members (excludes halogenated alkanes) is 48. The third-order valence-corrected chi connectivity index (χ3v) is 20.4. The molecule has 0 aliphatic heterocycles. The van der Waals surface area contributed by atoms with Gasteiger partial charge >= 0.3 is 39.5 Å². The first kappa shape index (κ1) is 96.1. The molecule has 98 heavy (non-hydrogen) atoms. The molecule has 0 spiro atoms. The fraction of sp³-hybridized carbons (Fsp3) is 0.949. The van der Waals surface area contributed by atoms with Crippen LogP contribution in [0.2, 0.25) is 0 Å². The highest BCUT2D eigenvalue weighted by Crippen LogP contribution is 2.45. The van der Waals surface area contributed by atoms with Crippen molar-refractivity contribution in [1.29, 1.82) is 0 Å². The highest BCUT2D eigenvalue weighted by molar-refractivity contribution is 7.47. The minimum absolute atomic E-state index is 0.106. The van der Waals surface area contributed by atoms with Crippen molar-refractivity contribution in [2.45, 2.75) is 432 Å². The van der Waals surface area contributed by atoms with E-state index >= 15 is 0 Å². The van der Waals surface area contributed by atoms with Crippen LogP contribution in [0.25, 0.3) is 0 Å². The Kier molecular flexibility index (Phi) is 69.3. The highest BCUT2D eigenvalue weighted by Gasteiger charge is 2.30. The summed E-state index contributed by atoms with van der Waals surface area (Å²) in [7, 11) is -9.91. The Morgan fingerprint density at radius 1 is 0.276 bits per heavy atom. The predicted octanol–water partition coefficient (Wildman–Crippen LogP) is 23.5. The SMILES string of the molecule is CCCCCCCCCCCCCCCCCCCCCCCC(=O)O[C@H](COC(=O)CCCCCCCCCCCCCCC(C)C)COP(=O)(O)OC[C@@H](O)COP(=O)(O)OC[C@@H](COC(=O)CCCCCCCCCCCC)OC(=O)CCCCCCCCCCCC(C)C. The molecule has 582 valence electrons. The van der Waals surface area contributed by atoms with Crippen molar-refractivity contribution in [2.75, 3.05) is 39.6 Å². The molecule has 0 amide bonds. The van der Waals surface area contributed by atoms with Gasteiger partial charge in [0, 0.05) is 25.7 Å². The van der Waals surface area contributed by atoms with Gasteiger partial charge in [0.2, 0.25) is 0 Å². The molecule has 0 bridgehead atoms. The molecule has 3 N–H and O–H groups in total. The maximum atomic E-state index is 13.1. The normalized spacial score (nSPS) is 13.9. The van der Waals surface area contributed by atoms with Crippen LogP contribution in [0.5, 0.6) is 0 Å². The fourth-order valence-electron chi connectivity index (χ4n) is 12.2. The lowest BCUT2D eigenvalue weighted by molar-refractivity contribution is -0.161. The zero-order chi connectivity index (χ0) is 72.1. The molecule has 0 heterocycles. The summed E-state index contributed by atoms with van der Waals surface area (Å²) < 4.78 is 68.6. The summed E-state index contributed by atoms with van der Waals surface area (Å²) in [6.07, 6.45) is 59.7. The number of phosphoric acid groups is 2. The third-order valence-electron chi connectivity index (χ3n) is 18.5. The maximum absolute atomic E-state index is 13.1. The van der Waals surface area contributed by atoms with E-state index in [2.05, 4.69) is 41.5 Å². The molecule has 0 radical (unpaired) electrons. The third kappa shape index (κ3) is 72.4. The van der Waals surface area contributed by atoms with E-state index in [9.17, 15) is 43.2 Å². The second-order valence-electron chi connectivity index (χ2n) is 29.4. The fourth-order valence-corrected chi connectivity index (χ4v) is 13.8. The van der Waals surface area contributed by atoms with Gasteiger partial charge in [0.15, 0.2) is 12.2 Å². The van der Waals surface area contributed by atoms with Crippen LogP contribution in [0, 0.1) is 11.8 Å². The summed E-state index contributed by atoms with van der Waals surface area (Å²) in [4.78, 5) is 72.9. The minimum atomic E-state index is -4.96. The Hall–Kier alpha value is -1.94. The van der Waals surface area contributed by atoms with Gasteiger partial charge in [-0.05, 0) is 37.5 Å². The summed E-state index contributed by atoms with van der Waals surface area (Å²) in [5, 5.41) is 10.6. The van der Waals surface area contributed by atoms with Crippen LogP contribution in [0.4, 0.5) is 0 Å². The Bertz CT molecular complexity index is 1890. The second-order valence-corrected chi connectivity index (χ2v) is 32.3. The van der Waals surface area contributed by atoms with Crippen molar-refractivity contribution in [3.05, 3.63) is 0 Å². The molecule has 0 aromatic rings. The molecule has 5 atom stereocenters. The van der Waals surface area contributed by atoms with Crippen LogP contribution in [-0.4, -0.2) is 96.7 Å². The molecule has 17 nitrogen and oxygen atoms in total. The molecule has 0 fully saturated rings. The molecule has 2 unspecified atom stereocenters. The predicted molar refractivity (Wildman–Crippen MR) is 400 cm³/mol. The van der Waals surface area contributed by atoms with Crippen LogP contribution in [-0.2, 0) is 65.4 Å². The molecule has 0 aromatic heterocycles. The molecule has 0 aromatic carbocycles. The zero-order valence-corrected chi connectivity index (χ0v) is 65.9. The van der Waals surface area contributed by atoms with E-state index in [4.69, 9.17) is 37.0 Å². The highest BCUT2D eigenvalue weighted by atomic mass is 31.2. The number of aliphatic hydroxyl groups is 1. The van der Waals surface area contributed by atoms with Crippen molar-refractivity contribution in [1.82, 2.24) is 0 Å². The van der Waals surface area contributed by atoms with Gasteiger partial charge in [0.05, 0.1) is 26.4 Å². The largest absolute Gasteiger partial charge is 0.472 e. The molecule has 0 rings (SSSR count). The monoisotopic (exact) mass is 1440 g/mol. The zero-order valence-electron chi connectivity index (χ0n) is 64.1. The Labute approximate surface area is 600 Å². The first-order valence-corrected chi connectivity index (χ1v) is 44.0. The lowest BCUT2D eigenvalue weighted by Gasteiger charge is -2.21. The number of rotatable bonds is 78. The van der Waals surface area contributed by atoms with E-state index in [1.165, 1.54) is 231 Å². The quantitative estimate of drug-likeness (QED) is 0.0222. The molecule has 0 aliphatic carbocycles. The number of aliphatic hydroxyl groups excluding tert-OH is 1. The van der Waals surface area contributed by atoms with Crippen LogP contribution < -0.4 is 0 Å². The molecular formula is C79H154O17P2. The molecule has 0 aliphatic rings. The van der Waals surface area contributed by atoms with E-state index in [0.29, 0.717) is 25.7 Å². The summed E-state index contributed by atoms with van der Waals surface area (Å²) >= 11 is 0. The number of hydrogen-bond donors (Lipinski definition) is 3. The van der Waals surface area contributed by atoms with Crippen molar-refractivity contribution in [3.63, 3.8) is 0 Å². The molecule has 0 saturated carbocycles. The topological polar surface area (TPSA) is 237 Å². The summed E-state index contributed by atoms with van der Waals surface area (Å²) in [5.41, 5.74) is 0. The number of carbonyl (C=O) groups excluding carboxylic acids is 4. The number of phosphoric ester groups is 2. The average molecular weight is 1440 g/mol. The van der Waals surface area contributed by atoms with E-state index < -0.39 is 97.5 Å². The van der Waals surface area contributed by atoms with E-state index in [0.717, 1.165) is 102 Å². The van der Waals surface area contributed by atoms with Gasteiger partial charge in [-0.2, -0.15) is 0 Å². The van der Waals surface area contributed by atoms with Crippen LogP contribution in [0.3, 0.4) is 0 Å². The molecule has 0 saturated heterocycles. The number of ether oxygens (including phenoxy) is 4. The van der Waals surface area contributed by atoms with Gasteiger partial charge in [-0.15, -0.1) is 0 Å². The first-order chi connectivity index (χ1) is 47.4.